The minimum Gasteiger partial charge on any atom is -0.282 e. The summed E-state index contributed by atoms with van der Waals surface area (Å²) < 4.78 is -0.576. The van der Waals surface area contributed by atoms with Crippen LogP contribution in [0.5, 0.6) is 0 Å². The number of nitrogens with zero attached hydrogens (tertiary/aromatic N) is 1. The Morgan fingerprint density at radius 2 is 1.44 bits per heavy atom. The Kier molecular flexibility index (Phi) is 5.42. The lowest BCUT2D eigenvalue weighted by Crippen LogP contribution is -2.21. The van der Waals surface area contributed by atoms with Crippen molar-refractivity contribution in [1.82, 2.24) is 0 Å². The van der Waals surface area contributed by atoms with E-state index in [0.717, 1.165) is 16.7 Å². The third-order valence-electron chi connectivity index (χ3n) is 4.54. The van der Waals surface area contributed by atoms with Crippen molar-refractivity contribution in [3.05, 3.63) is 111 Å². The Morgan fingerprint density at radius 3 is 2.00 bits per heavy atom. The van der Waals surface area contributed by atoms with Crippen LogP contribution in [0.15, 0.2) is 78.9 Å². The van der Waals surface area contributed by atoms with Crippen LogP contribution in [-0.2, 0) is 4.75 Å². The first-order chi connectivity index (χ1) is 12.9. The van der Waals surface area contributed by atoms with Gasteiger partial charge < -0.3 is 0 Å². The van der Waals surface area contributed by atoms with Crippen LogP contribution in [0.4, 0.5) is 5.69 Å². The van der Waals surface area contributed by atoms with Gasteiger partial charge in [0.15, 0.2) is 0 Å². The van der Waals surface area contributed by atoms with Gasteiger partial charge in [-0.05, 0) is 37.1 Å². The lowest BCUT2D eigenvalue weighted by atomic mass is 9.91. The summed E-state index contributed by atoms with van der Waals surface area (Å²) in [5.41, 5.74) is 3.62. The maximum atomic E-state index is 12.9. The number of nitro benzene ring substituents is 1. The summed E-state index contributed by atoms with van der Waals surface area (Å²) in [6.45, 7) is 4.06. The molecule has 0 radical (unpaired) electrons. The minimum atomic E-state index is -0.576. The van der Waals surface area contributed by atoms with Gasteiger partial charge >= 0.3 is 0 Å². The van der Waals surface area contributed by atoms with Crippen molar-refractivity contribution >= 4 is 22.6 Å². The Bertz CT molecular complexity index is 953. The Labute approximate surface area is 162 Å². The smallest absolute Gasteiger partial charge is 0.269 e. The zero-order chi connectivity index (χ0) is 19.4. The lowest BCUT2D eigenvalue weighted by molar-refractivity contribution is -0.384. The molecule has 0 amide bonds. The summed E-state index contributed by atoms with van der Waals surface area (Å²) in [6.07, 6.45) is 0. The van der Waals surface area contributed by atoms with Crippen molar-refractivity contribution in [2.75, 3.05) is 0 Å². The number of aryl methyl sites for hydroxylation is 1. The van der Waals surface area contributed by atoms with E-state index in [2.05, 4.69) is 0 Å². The summed E-state index contributed by atoms with van der Waals surface area (Å²) in [5.74, 6) is 0. The average molecular weight is 377 g/mol. The van der Waals surface area contributed by atoms with Gasteiger partial charge in [0.1, 0.15) is 0 Å². The number of nitro groups is 1. The van der Waals surface area contributed by atoms with Crippen LogP contribution in [0.3, 0.4) is 0 Å². The highest BCUT2D eigenvalue weighted by atomic mass is 32.2. The molecule has 0 saturated carbocycles. The van der Waals surface area contributed by atoms with Gasteiger partial charge in [0.05, 0.1) is 9.67 Å². The molecule has 27 heavy (non-hydrogen) atoms. The molecule has 0 aromatic heterocycles. The van der Waals surface area contributed by atoms with Gasteiger partial charge in [-0.1, -0.05) is 71.9 Å². The lowest BCUT2D eigenvalue weighted by Gasteiger charge is -2.29. The molecule has 0 aliphatic heterocycles. The summed E-state index contributed by atoms with van der Waals surface area (Å²) in [7, 11) is 0. The van der Waals surface area contributed by atoms with Crippen LogP contribution >= 0.6 is 11.8 Å². The molecule has 1 atom stereocenters. The molecule has 0 saturated heterocycles. The Morgan fingerprint density at radius 1 is 0.889 bits per heavy atom. The van der Waals surface area contributed by atoms with Gasteiger partial charge in [-0.3, -0.25) is 14.9 Å². The monoisotopic (exact) mass is 377 g/mol. The Hall–Kier alpha value is -2.92. The van der Waals surface area contributed by atoms with Crippen molar-refractivity contribution in [3.63, 3.8) is 0 Å². The van der Waals surface area contributed by atoms with Gasteiger partial charge in [-0.25, -0.2) is 0 Å². The van der Waals surface area contributed by atoms with Crippen LogP contribution in [0.25, 0.3) is 0 Å². The SMILES string of the molecule is Cc1ccc([C@@](C)(SC(=O)c2ccc([N+](=O)[O-])cc2)c2ccccc2)cc1. The maximum absolute atomic E-state index is 12.9. The number of hydrogen-bond donors (Lipinski definition) is 0. The van der Waals surface area contributed by atoms with E-state index in [9.17, 15) is 14.9 Å². The van der Waals surface area contributed by atoms with Gasteiger partial charge in [-0.15, -0.1) is 0 Å². The first-order valence-electron chi connectivity index (χ1n) is 8.50. The first-order valence-corrected chi connectivity index (χ1v) is 9.32. The molecule has 0 unspecified atom stereocenters. The van der Waals surface area contributed by atoms with E-state index in [1.54, 1.807) is 0 Å². The second kappa shape index (κ2) is 7.76. The maximum Gasteiger partial charge on any atom is 0.269 e. The molecule has 0 bridgehead atoms. The number of thioether (sulfide) groups is 1. The predicted octanol–water partition coefficient (Wildman–Crippen LogP) is 5.74. The molecule has 0 aliphatic rings. The topological polar surface area (TPSA) is 60.2 Å². The van der Waals surface area contributed by atoms with E-state index >= 15 is 0 Å². The average Bonchev–Trinajstić information content (AvgIpc) is 2.69. The Balaban J connectivity index is 1.97. The third kappa shape index (κ3) is 4.09. The van der Waals surface area contributed by atoms with Crippen molar-refractivity contribution in [2.45, 2.75) is 18.6 Å². The van der Waals surface area contributed by atoms with Crippen LogP contribution in [0.2, 0.25) is 0 Å². The molecule has 0 spiro atoms. The highest BCUT2D eigenvalue weighted by Gasteiger charge is 2.33. The first kappa shape index (κ1) is 18.9. The standard InChI is InChI=1S/C22H19NO3S/c1-16-8-12-19(13-9-16)22(2,18-6-4-3-5-7-18)27-21(24)17-10-14-20(15-11-17)23(25)26/h3-15H,1-2H3/t22-/m0/s1. The number of benzene rings is 3. The quantitative estimate of drug-likeness (QED) is 0.420. The molecule has 3 aromatic carbocycles. The largest absolute Gasteiger partial charge is 0.282 e. The van der Waals surface area contributed by atoms with Crippen molar-refractivity contribution in [3.8, 4) is 0 Å². The zero-order valence-electron chi connectivity index (χ0n) is 15.1. The van der Waals surface area contributed by atoms with E-state index < -0.39 is 9.67 Å². The zero-order valence-corrected chi connectivity index (χ0v) is 15.9. The van der Waals surface area contributed by atoms with Crippen molar-refractivity contribution in [2.24, 2.45) is 0 Å². The van der Waals surface area contributed by atoms with E-state index in [1.807, 2.05) is 68.4 Å². The number of carbonyl (C=O) groups excluding carboxylic acids is 1. The van der Waals surface area contributed by atoms with Crippen LogP contribution in [0, 0.1) is 17.0 Å². The second-order valence-electron chi connectivity index (χ2n) is 6.46. The van der Waals surface area contributed by atoms with Gasteiger partial charge in [0.25, 0.3) is 5.69 Å². The van der Waals surface area contributed by atoms with Crippen LogP contribution in [-0.4, -0.2) is 10.0 Å². The van der Waals surface area contributed by atoms with E-state index in [0.29, 0.717) is 5.56 Å². The van der Waals surface area contributed by atoms with Crippen LogP contribution in [0.1, 0.15) is 34.0 Å². The molecule has 3 aromatic rings. The van der Waals surface area contributed by atoms with Crippen LogP contribution < -0.4 is 0 Å². The number of rotatable bonds is 5. The molecule has 0 fully saturated rings. The molecule has 0 N–H and O–H groups in total. The fourth-order valence-electron chi connectivity index (χ4n) is 2.88. The van der Waals surface area contributed by atoms with E-state index in [4.69, 9.17) is 0 Å². The molecule has 4 nitrogen and oxygen atoms in total. The molecule has 136 valence electrons. The molecular formula is C22H19NO3S. The normalized spacial score (nSPS) is 13.0. The highest BCUT2D eigenvalue weighted by Crippen LogP contribution is 2.44. The number of non-ortho nitro benzene ring substituents is 1. The minimum absolute atomic E-state index is 0.0269. The molecule has 0 aliphatic carbocycles. The fourth-order valence-corrected chi connectivity index (χ4v) is 4.01. The summed E-state index contributed by atoms with van der Waals surface area (Å²) in [6, 6.07) is 23.8. The van der Waals surface area contributed by atoms with Crippen molar-refractivity contribution < 1.29 is 9.72 Å². The second-order valence-corrected chi connectivity index (χ2v) is 7.85. The molecule has 3 rings (SSSR count). The fraction of sp³-hybridized carbons (Fsp3) is 0.136. The summed E-state index contributed by atoms with van der Waals surface area (Å²) in [5, 5.41) is 10.7. The molecule has 5 heteroatoms. The van der Waals surface area contributed by atoms with Gasteiger partial charge in [0, 0.05) is 17.7 Å². The summed E-state index contributed by atoms with van der Waals surface area (Å²) in [4.78, 5) is 23.3. The van der Waals surface area contributed by atoms with Crippen molar-refractivity contribution in [1.29, 1.82) is 0 Å². The van der Waals surface area contributed by atoms with Gasteiger partial charge in [0.2, 0.25) is 5.12 Å². The third-order valence-corrected chi connectivity index (χ3v) is 5.84. The van der Waals surface area contributed by atoms with Gasteiger partial charge in [-0.2, -0.15) is 0 Å². The number of hydrogen-bond acceptors (Lipinski definition) is 4. The van der Waals surface area contributed by atoms with E-state index in [-0.39, 0.29) is 10.8 Å². The summed E-state index contributed by atoms with van der Waals surface area (Å²) >= 11 is 1.22. The van der Waals surface area contributed by atoms with E-state index in [1.165, 1.54) is 36.0 Å². The predicted molar refractivity (Wildman–Crippen MR) is 109 cm³/mol. The molecular weight excluding hydrogens is 358 g/mol. The number of carbonyl (C=O) groups is 1. The highest BCUT2D eigenvalue weighted by molar-refractivity contribution is 8.15. The molecule has 0 heterocycles.